The van der Waals surface area contributed by atoms with Gasteiger partial charge in [-0.15, -0.1) is 0 Å². The molecule has 18 heavy (non-hydrogen) atoms. The lowest BCUT2D eigenvalue weighted by Gasteiger charge is -1.96. The third kappa shape index (κ3) is 1.25. The first kappa shape index (κ1) is 11.2. The Labute approximate surface area is 109 Å². The number of carboxylic acids is 1. The zero-order chi connectivity index (χ0) is 13.0. The Bertz CT molecular complexity index is 806. The summed E-state index contributed by atoms with van der Waals surface area (Å²) in [6, 6.07) is 4.57. The van der Waals surface area contributed by atoms with Gasteiger partial charge < -0.3 is 9.67 Å². The van der Waals surface area contributed by atoms with Gasteiger partial charge >= 0.3 is 5.97 Å². The zero-order valence-electron chi connectivity index (χ0n) is 9.19. The third-order valence-corrected chi connectivity index (χ3v) is 3.58. The second-order valence-electron chi connectivity index (χ2n) is 3.86. The molecule has 0 atom stereocenters. The molecule has 5 nitrogen and oxygen atoms in total. The van der Waals surface area contributed by atoms with Crippen molar-refractivity contribution in [3.05, 3.63) is 34.3 Å². The van der Waals surface area contributed by atoms with Crippen LogP contribution < -0.4 is 0 Å². The van der Waals surface area contributed by atoms with Gasteiger partial charge in [0.1, 0.15) is 10.1 Å². The van der Waals surface area contributed by atoms with Crippen molar-refractivity contribution in [1.82, 2.24) is 14.0 Å². The first-order valence-electron chi connectivity index (χ1n) is 5.06. The lowest BCUT2D eigenvalue weighted by molar-refractivity contribution is 0.0685. The minimum atomic E-state index is -1.07. The average Bonchev–Trinajstić information content (AvgIpc) is 2.78. The summed E-state index contributed by atoms with van der Waals surface area (Å²) >= 11 is 3.23. The number of rotatable bonds is 1. The van der Waals surface area contributed by atoms with E-state index in [2.05, 4.69) is 20.9 Å². The van der Waals surface area contributed by atoms with E-state index in [4.69, 9.17) is 5.11 Å². The fourth-order valence-electron chi connectivity index (χ4n) is 2.05. The van der Waals surface area contributed by atoms with Gasteiger partial charge in [-0.2, -0.15) is 0 Å². The van der Waals surface area contributed by atoms with Crippen LogP contribution in [0.1, 0.15) is 10.5 Å². The van der Waals surface area contributed by atoms with Crippen molar-refractivity contribution in [3.8, 4) is 0 Å². The molecule has 0 amide bonds. The number of hydrogen-bond donors (Lipinski definition) is 1. The van der Waals surface area contributed by atoms with Crippen molar-refractivity contribution < 1.29 is 14.3 Å². The van der Waals surface area contributed by atoms with Crippen LogP contribution in [0.25, 0.3) is 16.8 Å². The van der Waals surface area contributed by atoms with E-state index >= 15 is 0 Å². The molecule has 0 aliphatic rings. The van der Waals surface area contributed by atoms with E-state index in [9.17, 15) is 9.18 Å². The summed E-state index contributed by atoms with van der Waals surface area (Å²) in [6.07, 6.45) is 0. The van der Waals surface area contributed by atoms with Crippen LogP contribution in [0.15, 0.2) is 22.8 Å². The monoisotopic (exact) mass is 311 g/mol. The van der Waals surface area contributed by atoms with Gasteiger partial charge in [-0.25, -0.2) is 14.2 Å². The predicted octanol–water partition coefficient (Wildman–Crippen LogP) is 2.43. The van der Waals surface area contributed by atoms with E-state index in [-0.39, 0.29) is 11.2 Å². The molecule has 7 heteroatoms. The normalized spacial score (nSPS) is 11.5. The Balaban J connectivity index is 2.57. The first-order chi connectivity index (χ1) is 8.52. The smallest absolute Gasteiger partial charge is 0.355 e. The summed E-state index contributed by atoms with van der Waals surface area (Å²) < 4.78 is 16.9. The Kier molecular flexibility index (Phi) is 2.21. The molecule has 0 saturated carbocycles. The number of carbonyl (C=O) groups is 1. The zero-order valence-corrected chi connectivity index (χ0v) is 10.8. The van der Waals surface area contributed by atoms with E-state index in [1.807, 2.05) is 0 Å². The molecule has 1 N–H and O–H groups in total. The molecule has 0 spiro atoms. The molecule has 3 aromatic rings. The number of fused-ring (bicyclic) bond motifs is 3. The number of benzene rings is 1. The van der Waals surface area contributed by atoms with Crippen molar-refractivity contribution in [1.29, 1.82) is 0 Å². The largest absolute Gasteiger partial charge is 0.476 e. The fraction of sp³-hybridized carbons (Fsp3) is 0.0909. The highest BCUT2D eigenvalue weighted by molar-refractivity contribution is 9.10. The minimum Gasteiger partial charge on any atom is -0.476 e. The van der Waals surface area contributed by atoms with Crippen LogP contribution in [0.2, 0.25) is 0 Å². The number of carboxylic acid groups (broad SMARTS) is 1. The predicted molar refractivity (Wildman–Crippen MR) is 66.3 cm³/mol. The molecule has 3 rings (SSSR count). The number of para-hydroxylation sites is 1. The van der Waals surface area contributed by atoms with Gasteiger partial charge in [-0.1, -0.05) is 6.07 Å². The quantitative estimate of drug-likeness (QED) is 0.751. The second-order valence-corrected chi connectivity index (χ2v) is 4.61. The highest BCUT2D eigenvalue weighted by Crippen LogP contribution is 2.27. The highest BCUT2D eigenvalue weighted by atomic mass is 79.9. The Morgan fingerprint density at radius 1 is 1.50 bits per heavy atom. The third-order valence-electron chi connectivity index (χ3n) is 2.85. The molecule has 0 bridgehead atoms. The van der Waals surface area contributed by atoms with Gasteiger partial charge in [0, 0.05) is 7.05 Å². The Morgan fingerprint density at radius 2 is 2.22 bits per heavy atom. The van der Waals surface area contributed by atoms with Crippen LogP contribution in [0, 0.1) is 5.82 Å². The highest BCUT2D eigenvalue weighted by Gasteiger charge is 2.22. The summed E-state index contributed by atoms with van der Waals surface area (Å²) in [5, 5.41) is 9.13. The van der Waals surface area contributed by atoms with E-state index in [0.717, 1.165) is 0 Å². The molecule has 0 aliphatic heterocycles. The standard InChI is InChI=1S/C11H7BrFN3O2/c1-15-8(10(17)18)9(12)16-6-4-2-3-5(13)7(6)14-11(15)16/h2-4H,1H3,(H,17,18). The number of aryl methyl sites for hydroxylation is 1. The lowest BCUT2D eigenvalue weighted by atomic mass is 10.3. The molecule has 2 heterocycles. The molecule has 0 unspecified atom stereocenters. The summed E-state index contributed by atoms with van der Waals surface area (Å²) in [5.41, 5.74) is 0.823. The van der Waals surface area contributed by atoms with E-state index in [1.54, 1.807) is 23.6 Å². The molecule has 2 aromatic heterocycles. The Hall–Kier alpha value is -1.89. The maximum absolute atomic E-state index is 13.6. The van der Waals surface area contributed by atoms with Crippen molar-refractivity contribution >= 4 is 38.7 Å². The van der Waals surface area contributed by atoms with Crippen LogP contribution in [0.4, 0.5) is 4.39 Å². The molecule has 0 fully saturated rings. The van der Waals surface area contributed by atoms with Gasteiger partial charge in [-0.3, -0.25) is 4.40 Å². The van der Waals surface area contributed by atoms with Crippen molar-refractivity contribution in [3.63, 3.8) is 0 Å². The van der Waals surface area contributed by atoms with Crippen LogP contribution >= 0.6 is 15.9 Å². The molecule has 92 valence electrons. The fourth-order valence-corrected chi connectivity index (χ4v) is 2.83. The summed E-state index contributed by atoms with van der Waals surface area (Å²) in [6.45, 7) is 0. The van der Waals surface area contributed by atoms with Gasteiger partial charge in [0.15, 0.2) is 11.5 Å². The molecular formula is C11H7BrFN3O2. The van der Waals surface area contributed by atoms with Crippen LogP contribution in [0.3, 0.4) is 0 Å². The second kappa shape index (κ2) is 3.55. The lowest BCUT2D eigenvalue weighted by Crippen LogP contribution is -2.05. The average molecular weight is 312 g/mol. The number of aromatic nitrogens is 3. The van der Waals surface area contributed by atoms with Crippen LogP contribution in [-0.4, -0.2) is 25.0 Å². The first-order valence-corrected chi connectivity index (χ1v) is 5.86. The van der Waals surface area contributed by atoms with Gasteiger partial charge in [-0.05, 0) is 28.1 Å². The summed E-state index contributed by atoms with van der Waals surface area (Å²) in [7, 11) is 1.58. The van der Waals surface area contributed by atoms with Crippen LogP contribution in [0.5, 0.6) is 0 Å². The van der Waals surface area contributed by atoms with Crippen molar-refractivity contribution in [2.75, 3.05) is 0 Å². The SMILES string of the molecule is Cn1c(C(=O)O)c(Br)n2c3cccc(F)c3nc12. The Morgan fingerprint density at radius 3 is 2.89 bits per heavy atom. The maximum Gasteiger partial charge on any atom is 0.355 e. The molecule has 0 aliphatic carbocycles. The van der Waals surface area contributed by atoms with Gasteiger partial charge in [0.25, 0.3) is 0 Å². The topological polar surface area (TPSA) is 59.5 Å². The van der Waals surface area contributed by atoms with E-state index < -0.39 is 11.8 Å². The number of halogens is 2. The molecule has 0 radical (unpaired) electrons. The molecule has 0 saturated heterocycles. The van der Waals surface area contributed by atoms with Crippen LogP contribution in [-0.2, 0) is 7.05 Å². The van der Waals surface area contributed by atoms with E-state index in [0.29, 0.717) is 15.9 Å². The number of nitrogens with zero attached hydrogens (tertiary/aromatic N) is 3. The van der Waals surface area contributed by atoms with Gasteiger partial charge in [0.2, 0.25) is 5.78 Å². The van der Waals surface area contributed by atoms with Crippen molar-refractivity contribution in [2.24, 2.45) is 7.05 Å². The number of imidazole rings is 2. The number of hydrogen-bond acceptors (Lipinski definition) is 2. The number of aromatic carboxylic acids is 1. The summed E-state index contributed by atoms with van der Waals surface area (Å²) in [5.74, 6) is -1.13. The molecule has 1 aromatic carbocycles. The maximum atomic E-state index is 13.6. The van der Waals surface area contributed by atoms with E-state index in [1.165, 1.54) is 10.6 Å². The molecular weight excluding hydrogens is 305 g/mol. The summed E-state index contributed by atoms with van der Waals surface area (Å²) in [4.78, 5) is 15.3. The van der Waals surface area contributed by atoms with Gasteiger partial charge in [0.05, 0.1) is 5.52 Å². The van der Waals surface area contributed by atoms with Crippen molar-refractivity contribution in [2.45, 2.75) is 0 Å². The minimum absolute atomic E-state index is 0.0728.